The van der Waals surface area contributed by atoms with E-state index in [-0.39, 0.29) is 5.82 Å². The third kappa shape index (κ3) is 3.50. The van der Waals surface area contributed by atoms with E-state index in [1.165, 1.54) is 6.08 Å². The molecule has 0 N–H and O–H groups in total. The summed E-state index contributed by atoms with van der Waals surface area (Å²) < 4.78 is 37.4. The highest BCUT2D eigenvalue weighted by molar-refractivity contribution is 5.77. The summed E-state index contributed by atoms with van der Waals surface area (Å²) in [6, 6.07) is 7.44. The zero-order valence-electron chi connectivity index (χ0n) is 10.1. The smallest absolute Gasteiger partial charge is 0.298 e. The zero-order valence-corrected chi connectivity index (χ0v) is 10.1. The Hall–Kier alpha value is -2.50. The van der Waals surface area contributed by atoms with Crippen LogP contribution in [0.5, 0.6) is 0 Å². The lowest BCUT2D eigenvalue weighted by Gasteiger charge is -2.04. The van der Waals surface area contributed by atoms with Crippen LogP contribution >= 0.6 is 0 Å². The lowest BCUT2D eigenvalue weighted by Crippen LogP contribution is -2.08. The van der Waals surface area contributed by atoms with E-state index >= 15 is 0 Å². The van der Waals surface area contributed by atoms with Crippen molar-refractivity contribution in [1.29, 1.82) is 0 Å². The predicted molar refractivity (Wildman–Crippen MR) is 67.8 cm³/mol. The molecular weight excluding hydrogens is 269 g/mol. The molecule has 0 aliphatic rings. The van der Waals surface area contributed by atoms with Gasteiger partial charge in [-0.3, -0.25) is 4.79 Å². The third-order valence-electron chi connectivity index (χ3n) is 2.44. The van der Waals surface area contributed by atoms with E-state index in [4.69, 9.17) is 0 Å². The van der Waals surface area contributed by atoms with Gasteiger partial charge in [-0.2, -0.15) is 13.2 Å². The lowest BCUT2D eigenvalue weighted by molar-refractivity contribution is -0.141. The van der Waals surface area contributed by atoms with Gasteiger partial charge in [0.05, 0.1) is 0 Å². The molecule has 1 aromatic carbocycles. The molecular formula is C14H9F3N2O. The minimum atomic E-state index is -4.50. The molecule has 0 saturated carbocycles. The molecule has 0 spiro atoms. The fourth-order valence-electron chi connectivity index (χ4n) is 1.52. The van der Waals surface area contributed by atoms with E-state index in [0.717, 1.165) is 12.3 Å². The largest absolute Gasteiger partial charge is 0.433 e. The number of rotatable bonds is 3. The summed E-state index contributed by atoms with van der Waals surface area (Å²) in [5.74, 6) is -0.0451. The number of aromatic nitrogens is 2. The van der Waals surface area contributed by atoms with Crippen molar-refractivity contribution in [3.8, 4) is 0 Å². The van der Waals surface area contributed by atoms with E-state index in [1.54, 1.807) is 30.3 Å². The van der Waals surface area contributed by atoms with Crippen molar-refractivity contribution in [2.45, 2.75) is 6.18 Å². The highest BCUT2D eigenvalue weighted by Gasteiger charge is 2.32. The Morgan fingerprint density at radius 1 is 1.05 bits per heavy atom. The molecule has 0 aliphatic carbocycles. The molecule has 0 radical (unpaired) electrons. The third-order valence-corrected chi connectivity index (χ3v) is 2.44. The first-order chi connectivity index (χ1) is 9.49. The summed E-state index contributed by atoms with van der Waals surface area (Å²) in [6.45, 7) is 0. The molecule has 0 bridgehead atoms. The van der Waals surface area contributed by atoms with Crippen LogP contribution in [0.1, 0.15) is 27.4 Å². The number of hydrogen-bond donors (Lipinski definition) is 0. The van der Waals surface area contributed by atoms with Crippen LogP contribution in [0, 0.1) is 0 Å². The number of aldehydes is 1. The SMILES string of the molecule is O=Cc1cccc(C=Cc2nccc(C(F)(F)F)n2)c1. The Morgan fingerprint density at radius 2 is 1.80 bits per heavy atom. The van der Waals surface area contributed by atoms with Crippen LogP contribution in [0.25, 0.3) is 12.2 Å². The second-order valence-electron chi connectivity index (χ2n) is 3.92. The molecule has 20 heavy (non-hydrogen) atoms. The van der Waals surface area contributed by atoms with Gasteiger partial charge in [0.25, 0.3) is 0 Å². The first-order valence-corrected chi connectivity index (χ1v) is 5.62. The van der Waals surface area contributed by atoms with Crippen LogP contribution in [0.2, 0.25) is 0 Å². The highest BCUT2D eigenvalue weighted by Crippen LogP contribution is 2.27. The molecule has 2 rings (SSSR count). The van der Waals surface area contributed by atoms with Crippen molar-refractivity contribution in [1.82, 2.24) is 9.97 Å². The van der Waals surface area contributed by atoms with Crippen molar-refractivity contribution in [3.63, 3.8) is 0 Å². The summed E-state index contributed by atoms with van der Waals surface area (Å²) in [5, 5.41) is 0. The zero-order chi connectivity index (χ0) is 14.6. The van der Waals surface area contributed by atoms with Crippen molar-refractivity contribution in [2.75, 3.05) is 0 Å². The Balaban J connectivity index is 2.25. The van der Waals surface area contributed by atoms with Crippen LogP contribution in [-0.4, -0.2) is 16.3 Å². The number of hydrogen-bond acceptors (Lipinski definition) is 3. The van der Waals surface area contributed by atoms with Crippen molar-refractivity contribution in [3.05, 3.63) is 59.2 Å². The molecule has 0 amide bonds. The monoisotopic (exact) mass is 278 g/mol. The molecule has 3 nitrogen and oxygen atoms in total. The van der Waals surface area contributed by atoms with Gasteiger partial charge in [0.2, 0.25) is 0 Å². The molecule has 1 aromatic heterocycles. The fraction of sp³-hybridized carbons (Fsp3) is 0.0714. The van der Waals surface area contributed by atoms with Gasteiger partial charge in [-0.1, -0.05) is 24.3 Å². The number of benzene rings is 1. The first kappa shape index (κ1) is 13.9. The first-order valence-electron chi connectivity index (χ1n) is 5.62. The normalized spacial score (nSPS) is 11.8. The number of carbonyl (C=O) groups is 1. The van der Waals surface area contributed by atoms with E-state index in [2.05, 4.69) is 9.97 Å². The molecule has 0 atom stereocenters. The highest BCUT2D eigenvalue weighted by atomic mass is 19.4. The van der Waals surface area contributed by atoms with Crippen molar-refractivity contribution >= 4 is 18.4 Å². The van der Waals surface area contributed by atoms with Crippen LogP contribution in [0.3, 0.4) is 0 Å². The summed E-state index contributed by atoms with van der Waals surface area (Å²) in [5.41, 5.74) is 0.168. The second-order valence-corrected chi connectivity index (χ2v) is 3.92. The van der Waals surface area contributed by atoms with Gasteiger partial charge in [0, 0.05) is 11.8 Å². The Kier molecular flexibility index (Phi) is 3.93. The average molecular weight is 278 g/mol. The van der Waals surface area contributed by atoms with E-state index in [9.17, 15) is 18.0 Å². The molecule has 1 heterocycles. The molecule has 0 aliphatic heterocycles. The maximum Gasteiger partial charge on any atom is 0.433 e. The Morgan fingerprint density at radius 3 is 2.50 bits per heavy atom. The van der Waals surface area contributed by atoms with Crippen LogP contribution in [0.4, 0.5) is 13.2 Å². The minimum Gasteiger partial charge on any atom is -0.298 e. The van der Waals surface area contributed by atoms with E-state index in [1.807, 2.05) is 0 Å². The Bertz CT molecular complexity index is 651. The summed E-state index contributed by atoms with van der Waals surface area (Å²) in [4.78, 5) is 17.8. The topological polar surface area (TPSA) is 42.9 Å². The molecule has 0 fully saturated rings. The van der Waals surface area contributed by atoms with Crippen molar-refractivity contribution < 1.29 is 18.0 Å². The van der Waals surface area contributed by atoms with Gasteiger partial charge in [-0.15, -0.1) is 0 Å². The average Bonchev–Trinajstić information content (AvgIpc) is 2.45. The second kappa shape index (κ2) is 5.64. The lowest BCUT2D eigenvalue weighted by atomic mass is 10.1. The van der Waals surface area contributed by atoms with Gasteiger partial charge < -0.3 is 0 Å². The van der Waals surface area contributed by atoms with Gasteiger partial charge in [0.15, 0.2) is 5.82 Å². The van der Waals surface area contributed by atoms with Crippen LogP contribution in [0.15, 0.2) is 36.5 Å². The summed E-state index contributed by atoms with van der Waals surface area (Å²) in [6.07, 6.45) is 0.153. The molecule has 0 saturated heterocycles. The van der Waals surface area contributed by atoms with E-state index in [0.29, 0.717) is 17.4 Å². The standard InChI is InChI=1S/C14H9F3N2O/c15-14(16,17)12-6-7-18-13(19-12)5-4-10-2-1-3-11(8-10)9-20/h1-9H. The summed E-state index contributed by atoms with van der Waals surface area (Å²) in [7, 11) is 0. The van der Waals surface area contributed by atoms with Gasteiger partial charge in [-0.25, -0.2) is 9.97 Å². The van der Waals surface area contributed by atoms with Crippen LogP contribution < -0.4 is 0 Å². The van der Waals surface area contributed by atoms with E-state index < -0.39 is 11.9 Å². The molecule has 6 heteroatoms. The molecule has 0 unspecified atom stereocenters. The fourth-order valence-corrected chi connectivity index (χ4v) is 1.52. The van der Waals surface area contributed by atoms with Gasteiger partial charge in [0.1, 0.15) is 12.0 Å². The maximum atomic E-state index is 12.5. The van der Waals surface area contributed by atoms with Gasteiger partial charge in [-0.05, 0) is 23.8 Å². The summed E-state index contributed by atoms with van der Waals surface area (Å²) >= 11 is 0. The quantitative estimate of drug-likeness (QED) is 0.807. The number of halogens is 3. The predicted octanol–water partition coefficient (Wildman–Crippen LogP) is 3.48. The molecule has 2 aromatic rings. The number of carbonyl (C=O) groups excluding carboxylic acids is 1. The van der Waals surface area contributed by atoms with Gasteiger partial charge >= 0.3 is 6.18 Å². The number of nitrogens with zero attached hydrogens (tertiary/aromatic N) is 2. The minimum absolute atomic E-state index is 0.0451. The van der Waals surface area contributed by atoms with Crippen LogP contribution in [-0.2, 0) is 6.18 Å². The molecule has 102 valence electrons. The van der Waals surface area contributed by atoms with Crippen molar-refractivity contribution in [2.24, 2.45) is 0 Å². The number of alkyl halides is 3. The maximum absolute atomic E-state index is 12.5. The Labute approximate surface area is 112 Å².